The minimum Gasteiger partial charge on any atom is -0.390 e. The fourth-order valence-electron chi connectivity index (χ4n) is 2.64. The van der Waals surface area contributed by atoms with E-state index in [1.807, 2.05) is 12.1 Å². The molecule has 0 radical (unpaired) electrons. The molecule has 0 bridgehead atoms. The van der Waals surface area contributed by atoms with Gasteiger partial charge in [0.2, 0.25) is 0 Å². The maximum absolute atomic E-state index is 9.72. The van der Waals surface area contributed by atoms with Crippen LogP contribution in [0.1, 0.15) is 11.3 Å². The normalized spacial score (nSPS) is 24.7. The molecule has 3 heteroatoms. The summed E-state index contributed by atoms with van der Waals surface area (Å²) in [5.41, 5.74) is 3.53. The average Bonchev–Trinajstić information content (AvgIpc) is 2.55. The van der Waals surface area contributed by atoms with Gasteiger partial charge in [0.25, 0.3) is 0 Å². The second-order valence-corrected chi connectivity index (χ2v) is 4.54. The summed E-state index contributed by atoms with van der Waals surface area (Å²) in [4.78, 5) is 0. The van der Waals surface area contributed by atoms with E-state index >= 15 is 0 Å². The van der Waals surface area contributed by atoms with E-state index in [1.165, 1.54) is 10.9 Å². The SMILES string of the molecule is Cc1c2n(c3ccccc13)CC(O)[C@H](O)C2. The molecule has 1 aliphatic rings. The number of aryl methyl sites for hydroxylation is 1. The van der Waals surface area contributed by atoms with Crippen LogP contribution in [0.25, 0.3) is 10.9 Å². The van der Waals surface area contributed by atoms with Gasteiger partial charge in [-0.2, -0.15) is 0 Å². The summed E-state index contributed by atoms with van der Waals surface area (Å²) in [5.74, 6) is 0. The molecule has 0 amide bonds. The third kappa shape index (κ3) is 1.22. The van der Waals surface area contributed by atoms with Gasteiger partial charge in [0.15, 0.2) is 0 Å². The number of para-hydroxylation sites is 1. The van der Waals surface area contributed by atoms with Crippen LogP contribution in [0.15, 0.2) is 24.3 Å². The Bertz CT molecular complexity index is 544. The Morgan fingerprint density at radius 1 is 1.19 bits per heavy atom. The van der Waals surface area contributed by atoms with Crippen molar-refractivity contribution in [3.05, 3.63) is 35.5 Å². The van der Waals surface area contributed by atoms with Crippen LogP contribution in [0.2, 0.25) is 0 Å². The number of aromatic nitrogens is 1. The highest BCUT2D eigenvalue weighted by Gasteiger charge is 2.28. The van der Waals surface area contributed by atoms with Gasteiger partial charge in [-0.05, 0) is 18.6 Å². The van der Waals surface area contributed by atoms with Crippen molar-refractivity contribution in [3.63, 3.8) is 0 Å². The minimum absolute atomic E-state index is 0.491. The molecule has 0 saturated carbocycles. The molecule has 1 unspecified atom stereocenters. The van der Waals surface area contributed by atoms with Gasteiger partial charge in [0.1, 0.15) is 0 Å². The molecular weight excluding hydrogens is 202 g/mol. The molecule has 1 aromatic carbocycles. The quantitative estimate of drug-likeness (QED) is 0.697. The first kappa shape index (κ1) is 9.87. The van der Waals surface area contributed by atoms with Crippen molar-refractivity contribution in [2.75, 3.05) is 0 Å². The molecule has 2 aromatic rings. The fourth-order valence-corrected chi connectivity index (χ4v) is 2.64. The maximum Gasteiger partial charge on any atom is 0.0981 e. The van der Waals surface area contributed by atoms with Crippen LogP contribution < -0.4 is 0 Å². The Morgan fingerprint density at radius 3 is 2.75 bits per heavy atom. The van der Waals surface area contributed by atoms with Crippen LogP contribution in [-0.4, -0.2) is 27.0 Å². The molecule has 0 aliphatic carbocycles. The Labute approximate surface area is 93.9 Å². The van der Waals surface area contributed by atoms with Crippen molar-refractivity contribution in [1.82, 2.24) is 4.57 Å². The van der Waals surface area contributed by atoms with E-state index in [4.69, 9.17) is 0 Å². The third-order valence-electron chi connectivity index (χ3n) is 3.57. The van der Waals surface area contributed by atoms with E-state index in [9.17, 15) is 10.2 Å². The molecular formula is C13H15NO2. The number of aliphatic hydroxyl groups excluding tert-OH is 2. The van der Waals surface area contributed by atoms with Crippen LogP contribution in [0.5, 0.6) is 0 Å². The van der Waals surface area contributed by atoms with Crippen LogP contribution in [0.4, 0.5) is 0 Å². The Hall–Kier alpha value is -1.32. The molecule has 0 spiro atoms. The summed E-state index contributed by atoms with van der Waals surface area (Å²) in [6.45, 7) is 2.57. The summed E-state index contributed by atoms with van der Waals surface area (Å²) >= 11 is 0. The van der Waals surface area contributed by atoms with Gasteiger partial charge >= 0.3 is 0 Å². The first-order valence-electron chi connectivity index (χ1n) is 5.61. The highest BCUT2D eigenvalue weighted by molar-refractivity contribution is 5.85. The molecule has 0 saturated heterocycles. The molecule has 84 valence electrons. The van der Waals surface area contributed by atoms with E-state index in [2.05, 4.69) is 23.6 Å². The fraction of sp³-hybridized carbons (Fsp3) is 0.385. The zero-order valence-corrected chi connectivity index (χ0v) is 9.22. The van der Waals surface area contributed by atoms with Crippen molar-refractivity contribution in [1.29, 1.82) is 0 Å². The first-order valence-corrected chi connectivity index (χ1v) is 5.61. The average molecular weight is 217 g/mol. The van der Waals surface area contributed by atoms with Gasteiger partial charge in [0, 0.05) is 23.0 Å². The zero-order valence-electron chi connectivity index (χ0n) is 9.22. The van der Waals surface area contributed by atoms with E-state index in [1.54, 1.807) is 0 Å². The standard InChI is InChI=1S/C13H15NO2/c1-8-9-4-2-3-5-10(9)14-7-13(16)12(15)6-11(8)14/h2-5,12-13,15-16H,6-7H2,1H3/t12-,13?/m1/s1. The predicted molar refractivity (Wildman–Crippen MR) is 62.4 cm³/mol. The van der Waals surface area contributed by atoms with Crippen molar-refractivity contribution >= 4 is 10.9 Å². The van der Waals surface area contributed by atoms with Gasteiger partial charge < -0.3 is 14.8 Å². The van der Waals surface area contributed by atoms with Crippen molar-refractivity contribution in [2.24, 2.45) is 0 Å². The summed E-state index contributed by atoms with van der Waals surface area (Å²) in [6, 6.07) is 8.19. The number of aliphatic hydroxyl groups is 2. The largest absolute Gasteiger partial charge is 0.390 e. The molecule has 0 fully saturated rings. The molecule has 16 heavy (non-hydrogen) atoms. The highest BCUT2D eigenvalue weighted by Crippen LogP contribution is 2.29. The summed E-state index contributed by atoms with van der Waals surface area (Å²) < 4.78 is 2.13. The third-order valence-corrected chi connectivity index (χ3v) is 3.57. The van der Waals surface area contributed by atoms with Crippen LogP contribution in [0, 0.1) is 6.92 Å². The lowest BCUT2D eigenvalue weighted by atomic mass is 10.0. The van der Waals surface area contributed by atoms with E-state index in [-0.39, 0.29) is 0 Å². The molecule has 2 N–H and O–H groups in total. The number of benzene rings is 1. The zero-order chi connectivity index (χ0) is 11.3. The van der Waals surface area contributed by atoms with Gasteiger partial charge in [-0.1, -0.05) is 18.2 Å². The molecule has 1 aliphatic heterocycles. The second-order valence-electron chi connectivity index (χ2n) is 4.54. The van der Waals surface area contributed by atoms with Crippen LogP contribution in [0.3, 0.4) is 0 Å². The molecule has 2 atom stereocenters. The Balaban J connectivity index is 2.28. The molecule has 3 nitrogen and oxygen atoms in total. The van der Waals surface area contributed by atoms with Crippen molar-refractivity contribution in [3.8, 4) is 0 Å². The van der Waals surface area contributed by atoms with E-state index < -0.39 is 12.2 Å². The lowest BCUT2D eigenvalue weighted by Crippen LogP contribution is -2.37. The number of rotatable bonds is 0. The second kappa shape index (κ2) is 3.34. The first-order chi connectivity index (χ1) is 7.68. The molecule has 2 heterocycles. The number of hydrogen-bond acceptors (Lipinski definition) is 2. The number of hydrogen-bond donors (Lipinski definition) is 2. The van der Waals surface area contributed by atoms with Crippen molar-refractivity contribution < 1.29 is 10.2 Å². The maximum atomic E-state index is 9.72. The van der Waals surface area contributed by atoms with Gasteiger partial charge in [-0.3, -0.25) is 0 Å². The summed E-state index contributed by atoms with van der Waals surface area (Å²) in [5, 5.41) is 20.7. The smallest absolute Gasteiger partial charge is 0.0981 e. The number of fused-ring (bicyclic) bond motifs is 3. The van der Waals surface area contributed by atoms with Gasteiger partial charge in [-0.25, -0.2) is 0 Å². The lowest BCUT2D eigenvalue weighted by Gasteiger charge is -2.26. The Morgan fingerprint density at radius 2 is 1.94 bits per heavy atom. The van der Waals surface area contributed by atoms with E-state index in [0.29, 0.717) is 13.0 Å². The minimum atomic E-state index is -0.650. The topological polar surface area (TPSA) is 45.4 Å². The summed E-state index contributed by atoms with van der Waals surface area (Å²) in [6.07, 6.45) is -0.736. The van der Waals surface area contributed by atoms with Crippen LogP contribution >= 0.6 is 0 Å². The molecule has 1 aromatic heterocycles. The summed E-state index contributed by atoms with van der Waals surface area (Å²) in [7, 11) is 0. The van der Waals surface area contributed by atoms with Gasteiger partial charge in [0.05, 0.1) is 18.8 Å². The van der Waals surface area contributed by atoms with Crippen LogP contribution in [-0.2, 0) is 13.0 Å². The van der Waals surface area contributed by atoms with Gasteiger partial charge in [-0.15, -0.1) is 0 Å². The Kier molecular flexibility index (Phi) is 2.06. The highest BCUT2D eigenvalue weighted by atomic mass is 16.3. The van der Waals surface area contributed by atoms with E-state index in [0.717, 1.165) is 11.2 Å². The monoisotopic (exact) mass is 217 g/mol. The number of nitrogens with zero attached hydrogens (tertiary/aromatic N) is 1. The van der Waals surface area contributed by atoms with Crippen molar-refractivity contribution in [2.45, 2.75) is 32.1 Å². The predicted octanol–water partition coefficient (Wildman–Crippen LogP) is 1.23. The lowest BCUT2D eigenvalue weighted by molar-refractivity contribution is -0.00185. The molecule has 3 rings (SSSR count).